The molecule has 0 aliphatic carbocycles. The van der Waals surface area contributed by atoms with Crippen molar-refractivity contribution >= 4 is 11.8 Å². The van der Waals surface area contributed by atoms with Crippen LogP contribution in [0.5, 0.6) is 5.75 Å². The summed E-state index contributed by atoms with van der Waals surface area (Å²) in [4.78, 5) is 8.44. The molecular formula is C19H20N4O. The average molecular weight is 320 g/mol. The number of benzene rings is 2. The van der Waals surface area contributed by atoms with Crippen LogP contribution in [0.4, 0.5) is 11.8 Å². The van der Waals surface area contributed by atoms with E-state index in [2.05, 4.69) is 15.3 Å². The zero-order chi connectivity index (χ0) is 16.9. The molecule has 3 aromatic rings. The molecule has 0 fully saturated rings. The first-order valence-electron chi connectivity index (χ1n) is 7.76. The Morgan fingerprint density at radius 2 is 1.83 bits per heavy atom. The van der Waals surface area contributed by atoms with Crippen molar-refractivity contribution < 1.29 is 4.74 Å². The van der Waals surface area contributed by atoms with E-state index in [1.165, 1.54) is 0 Å². The normalized spacial score (nSPS) is 10.4. The predicted molar refractivity (Wildman–Crippen MR) is 96.9 cm³/mol. The summed E-state index contributed by atoms with van der Waals surface area (Å²) in [6.07, 6.45) is 0. The first-order valence-corrected chi connectivity index (χ1v) is 7.76. The molecule has 24 heavy (non-hydrogen) atoms. The highest BCUT2D eigenvalue weighted by Crippen LogP contribution is 2.27. The molecule has 0 radical (unpaired) electrons. The van der Waals surface area contributed by atoms with Crippen molar-refractivity contribution in [1.29, 1.82) is 0 Å². The van der Waals surface area contributed by atoms with E-state index in [0.717, 1.165) is 28.1 Å². The molecule has 122 valence electrons. The van der Waals surface area contributed by atoms with Gasteiger partial charge < -0.3 is 15.8 Å². The summed E-state index contributed by atoms with van der Waals surface area (Å²) in [6, 6.07) is 17.9. The van der Waals surface area contributed by atoms with Crippen LogP contribution in [0.25, 0.3) is 11.3 Å². The van der Waals surface area contributed by atoms with Crippen molar-refractivity contribution in [1.82, 2.24) is 9.97 Å². The molecule has 0 atom stereocenters. The number of aryl methyl sites for hydroxylation is 1. The van der Waals surface area contributed by atoms with Crippen molar-refractivity contribution in [2.24, 2.45) is 0 Å². The van der Waals surface area contributed by atoms with Crippen LogP contribution in [-0.4, -0.2) is 17.0 Å². The van der Waals surface area contributed by atoms with Crippen LogP contribution in [0.3, 0.4) is 0 Å². The van der Waals surface area contributed by atoms with Crippen LogP contribution in [0.2, 0.25) is 0 Å². The number of rotatable bonds is 5. The van der Waals surface area contributed by atoms with Crippen LogP contribution in [0.1, 0.15) is 11.1 Å². The molecule has 0 amide bonds. The van der Waals surface area contributed by atoms with Gasteiger partial charge in [0.1, 0.15) is 18.2 Å². The molecule has 2 aromatic carbocycles. The molecular weight excluding hydrogens is 300 g/mol. The van der Waals surface area contributed by atoms with Crippen molar-refractivity contribution in [3.05, 3.63) is 65.7 Å². The molecule has 1 heterocycles. The Morgan fingerprint density at radius 3 is 2.54 bits per heavy atom. The smallest absolute Gasteiger partial charge is 0.222 e. The second kappa shape index (κ2) is 7.00. The van der Waals surface area contributed by atoms with E-state index >= 15 is 0 Å². The molecule has 0 aliphatic heterocycles. The molecule has 5 nitrogen and oxygen atoms in total. The fraction of sp³-hybridized carbons (Fsp3) is 0.158. The van der Waals surface area contributed by atoms with Gasteiger partial charge in [0.05, 0.1) is 5.69 Å². The Labute approximate surface area is 141 Å². The SMILES string of the molecule is CNc1cc(-c2ccc(OCc3ccccc3)cc2C)nc(N)n1. The molecule has 0 unspecified atom stereocenters. The number of anilines is 2. The first kappa shape index (κ1) is 15.8. The third-order valence-corrected chi connectivity index (χ3v) is 3.72. The van der Waals surface area contributed by atoms with Crippen LogP contribution in [0.15, 0.2) is 54.6 Å². The average Bonchev–Trinajstić information content (AvgIpc) is 2.60. The van der Waals surface area contributed by atoms with Gasteiger partial charge in [-0.25, -0.2) is 4.98 Å². The third kappa shape index (κ3) is 3.63. The minimum atomic E-state index is 0.251. The first-order chi connectivity index (χ1) is 11.7. The lowest BCUT2D eigenvalue weighted by atomic mass is 10.0. The zero-order valence-electron chi connectivity index (χ0n) is 13.8. The highest BCUT2D eigenvalue weighted by atomic mass is 16.5. The number of hydrogen-bond acceptors (Lipinski definition) is 5. The van der Waals surface area contributed by atoms with Crippen molar-refractivity contribution in [3.8, 4) is 17.0 Å². The molecule has 5 heteroatoms. The van der Waals surface area contributed by atoms with Gasteiger partial charge in [0.2, 0.25) is 5.95 Å². The monoisotopic (exact) mass is 320 g/mol. The van der Waals surface area contributed by atoms with E-state index in [9.17, 15) is 0 Å². The van der Waals surface area contributed by atoms with Gasteiger partial charge in [-0.3, -0.25) is 0 Å². The lowest BCUT2D eigenvalue weighted by Crippen LogP contribution is -2.02. The van der Waals surface area contributed by atoms with Gasteiger partial charge in [0.25, 0.3) is 0 Å². The van der Waals surface area contributed by atoms with Crippen LogP contribution in [0, 0.1) is 6.92 Å². The Hall–Kier alpha value is -3.08. The van der Waals surface area contributed by atoms with E-state index in [1.54, 1.807) is 7.05 Å². The summed E-state index contributed by atoms with van der Waals surface area (Å²) >= 11 is 0. The quantitative estimate of drug-likeness (QED) is 0.750. The van der Waals surface area contributed by atoms with Crippen molar-refractivity contribution in [3.63, 3.8) is 0 Å². The van der Waals surface area contributed by atoms with E-state index in [0.29, 0.717) is 12.4 Å². The summed E-state index contributed by atoms with van der Waals surface area (Å²) in [5.74, 6) is 1.78. The minimum absolute atomic E-state index is 0.251. The number of hydrogen-bond donors (Lipinski definition) is 2. The third-order valence-electron chi connectivity index (χ3n) is 3.72. The molecule has 1 aromatic heterocycles. The van der Waals surface area contributed by atoms with Gasteiger partial charge in [0, 0.05) is 18.7 Å². The van der Waals surface area contributed by atoms with Crippen molar-refractivity contribution in [2.75, 3.05) is 18.1 Å². The topological polar surface area (TPSA) is 73.1 Å². The Balaban J connectivity index is 1.81. The lowest BCUT2D eigenvalue weighted by Gasteiger charge is -2.11. The Bertz CT molecular complexity index is 834. The highest BCUT2D eigenvalue weighted by molar-refractivity contribution is 5.68. The summed E-state index contributed by atoms with van der Waals surface area (Å²) in [7, 11) is 1.80. The molecule has 3 N–H and O–H groups in total. The maximum atomic E-state index is 5.86. The fourth-order valence-electron chi connectivity index (χ4n) is 2.49. The summed E-state index contributed by atoms with van der Waals surface area (Å²) in [5.41, 5.74) is 9.79. The van der Waals surface area contributed by atoms with Crippen molar-refractivity contribution in [2.45, 2.75) is 13.5 Å². The lowest BCUT2D eigenvalue weighted by molar-refractivity contribution is 0.306. The van der Waals surface area contributed by atoms with Gasteiger partial charge in [-0.15, -0.1) is 0 Å². The molecule has 0 saturated heterocycles. The second-order valence-corrected chi connectivity index (χ2v) is 5.50. The predicted octanol–water partition coefficient (Wildman–Crippen LogP) is 3.65. The van der Waals surface area contributed by atoms with Crippen LogP contribution in [-0.2, 0) is 6.61 Å². The summed E-state index contributed by atoms with van der Waals surface area (Å²) in [5, 5.41) is 2.99. The molecule has 0 spiro atoms. The molecule has 0 aliphatic rings. The van der Waals surface area contributed by atoms with E-state index in [4.69, 9.17) is 10.5 Å². The largest absolute Gasteiger partial charge is 0.489 e. The van der Waals surface area contributed by atoms with Gasteiger partial charge in [0.15, 0.2) is 0 Å². The fourth-order valence-corrected chi connectivity index (χ4v) is 2.49. The number of aromatic nitrogens is 2. The van der Waals surface area contributed by atoms with Gasteiger partial charge in [-0.05, 0) is 36.2 Å². The molecule has 0 bridgehead atoms. The zero-order valence-corrected chi connectivity index (χ0v) is 13.8. The van der Waals surface area contributed by atoms with Gasteiger partial charge in [-0.1, -0.05) is 30.3 Å². The molecule has 3 rings (SSSR count). The van der Waals surface area contributed by atoms with Crippen LogP contribution < -0.4 is 15.8 Å². The highest BCUT2D eigenvalue weighted by Gasteiger charge is 2.08. The summed E-state index contributed by atoms with van der Waals surface area (Å²) < 4.78 is 5.86. The maximum Gasteiger partial charge on any atom is 0.222 e. The standard InChI is InChI=1S/C19H20N4O/c1-13-10-15(24-12-14-6-4-3-5-7-14)8-9-16(13)17-11-18(21-2)23-19(20)22-17/h3-11H,12H2,1-2H3,(H3,20,21,22,23). The van der Waals surface area contributed by atoms with Gasteiger partial charge in [-0.2, -0.15) is 4.98 Å². The maximum absolute atomic E-state index is 5.86. The van der Waals surface area contributed by atoms with E-state index in [-0.39, 0.29) is 5.95 Å². The van der Waals surface area contributed by atoms with E-state index < -0.39 is 0 Å². The van der Waals surface area contributed by atoms with E-state index in [1.807, 2.05) is 61.5 Å². The number of ether oxygens (including phenoxy) is 1. The summed E-state index contributed by atoms with van der Waals surface area (Å²) in [6.45, 7) is 2.58. The van der Waals surface area contributed by atoms with Crippen LogP contribution >= 0.6 is 0 Å². The van der Waals surface area contributed by atoms with Gasteiger partial charge >= 0.3 is 0 Å². The Kier molecular flexibility index (Phi) is 4.61. The number of nitrogens with zero attached hydrogens (tertiary/aromatic N) is 2. The Morgan fingerprint density at radius 1 is 1.04 bits per heavy atom. The number of nitrogens with two attached hydrogens (primary N) is 1. The minimum Gasteiger partial charge on any atom is -0.489 e. The molecule has 0 saturated carbocycles. The number of nitrogens with one attached hydrogen (secondary N) is 1. The number of nitrogen functional groups attached to an aromatic ring is 1. The second-order valence-electron chi connectivity index (χ2n) is 5.50.